The first kappa shape index (κ1) is 21.1. The van der Waals surface area contributed by atoms with E-state index < -0.39 is 8.80 Å². The van der Waals surface area contributed by atoms with Gasteiger partial charge in [0.1, 0.15) is 12.3 Å². The van der Waals surface area contributed by atoms with Crippen molar-refractivity contribution < 1.29 is 22.8 Å². The average molecular weight is 349 g/mol. The molecular formula is C17H36O5Si. The van der Waals surface area contributed by atoms with Crippen molar-refractivity contribution in [3.63, 3.8) is 0 Å². The molecule has 1 aliphatic rings. The minimum Gasteiger partial charge on any atom is -0.374 e. The molecule has 1 saturated heterocycles. The molecule has 5 nitrogen and oxygen atoms in total. The van der Waals surface area contributed by atoms with Gasteiger partial charge in [0.2, 0.25) is 0 Å². The first-order chi connectivity index (χ1) is 11.2. The molecule has 0 saturated carbocycles. The lowest BCUT2D eigenvalue weighted by Crippen LogP contribution is -2.52. The third-order valence-electron chi connectivity index (χ3n) is 3.91. The SMILES string of the molecule is CCCCO[Si](COCC1CO1)(OCCCC)OCC(C)CC. The second-order valence-electron chi connectivity index (χ2n) is 6.38. The van der Waals surface area contributed by atoms with Gasteiger partial charge in [-0.2, -0.15) is 0 Å². The Hall–Kier alpha value is 0.0169. The molecule has 0 N–H and O–H groups in total. The van der Waals surface area contributed by atoms with Crippen molar-refractivity contribution in [1.82, 2.24) is 0 Å². The predicted molar refractivity (Wildman–Crippen MR) is 93.4 cm³/mol. The Balaban J connectivity index is 2.56. The molecule has 0 bridgehead atoms. The van der Waals surface area contributed by atoms with Crippen LogP contribution in [-0.4, -0.2) is 54.2 Å². The van der Waals surface area contributed by atoms with Crippen molar-refractivity contribution in [2.75, 3.05) is 39.3 Å². The highest BCUT2D eigenvalue weighted by Gasteiger charge is 2.43. The van der Waals surface area contributed by atoms with Crippen LogP contribution in [0.3, 0.4) is 0 Å². The van der Waals surface area contributed by atoms with Gasteiger partial charge in [0.15, 0.2) is 0 Å². The largest absolute Gasteiger partial charge is 0.528 e. The summed E-state index contributed by atoms with van der Waals surface area (Å²) in [5.41, 5.74) is 0. The molecule has 0 radical (unpaired) electrons. The van der Waals surface area contributed by atoms with Gasteiger partial charge in [-0.3, -0.25) is 0 Å². The summed E-state index contributed by atoms with van der Waals surface area (Å²) in [6.07, 6.45) is 6.00. The molecule has 0 spiro atoms. The van der Waals surface area contributed by atoms with Gasteiger partial charge in [0.05, 0.1) is 13.2 Å². The Morgan fingerprint density at radius 3 is 2.13 bits per heavy atom. The fourth-order valence-electron chi connectivity index (χ4n) is 1.86. The molecule has 2 atom stereocenters. The number of unbranched alkanes of at least 4 members (excludes halogenated alkanes) is 2. The predicted octanol–water partition coefficient (Wildman–Crippen LogP) is 3.58. The fraction of sp³-hybridized carbons (Fsp3) is 1.00. The first-order valence-electron chi connectivity index (χ1n) is 9.27. The van der Waals surface area contributed by atoms with Crippen LogP contribution in [0.4, 0.5) is 0 Å². The minimum absolute atomic E-state index is 0.252. The van der Waals surface area contributed by atoms with Crippen molar-refractivity contribution in [3.05, 3.63) is 0 Å². The van der Waals surface area contributed by atoms with Gasteiger partial charge in [-0.15, -0.1) is 0 Å². The van der Waals surface area contributed by atoms with Crippen molar-refractivity contribution in [2.45, 2.75) is 65.9 Å². The van der Waals surface area contributed by atoms with Crippen molar-refractivity contribution in [2.24, 2.45) is 5.92 Å². The number of epoxide rings is 1. The summed E-state index contributed by atoms with van der Waals surface area (Å²) in [7, 11) is -2.77. The maximum Gasteiger partial charge on any atom is 0.528 e. The molecule has 23 heavy (non-hydrogen) atoms. The molecule has 1 heterocycles. The fourth-order valence-corrected chi connectivity index (χ4v) is 4.18. The van der Waals surface area contributed by atoms with Crippen LogP contribution in [0.1, 0.15) is 59.8 Å². The standard InChI is InChI=1S/C17H36O5Si/c1-5-8-10-20-23(21-11-9-6-2,22-12-16(4)7-3)15-18-13-17-14-19-17/h16-17H,5-15H2,1-4H3. The van der Waals surface area contributed by atoms with Crippen LogP contribution in [0.2, 0.25) is 0 Å². The maximum absolute atomic E-state index is 6.21. The highest BCUT2D eigenvalue weighted by molar-refractivity contribution is 6.60. The summed E-state index contributed by atoms with van der Waals surface area (Å²) < 4.78 is 29.5. The van der Waals surface area contributed by atoms with E-state index in [4.69, 9.17) is 22.8 Å². The Bertz CT molecular complexity index is 276. The summed E-state index contributed by atoms with van der Waals surface area (Å²) in [5.74, 6) is 0.498. The quantitative estimate of drug-likeness (QED) is 0.242. The van der Waals surface area contributed by atoms with Crippen LogP contribution < -0.4 is 0 Å². The van der Waals surface area contributed by atoms with Crippen molar-refractivity contribution in [1.29, 1.82) is 0 Å². The number of hydrogen-bond donors (Lipinski definition) is 0. The molecule has 2 unspecified atom stereocenters. The van der Waals surface area contributed by atoms with E-state index in [2.05, 4.69) is 27.7 Å². The molecular weight excluding hydrogens is 312 g/mol. The van der Waals surface area contributed by atoms with Crippen LogP contribution in [0.5, 0.6) is 0 Å². The van der Waals surface area contributed by atoms with Gasteiger partial charge < -0.3 is 22.8 Å². The lowest BCUT2D eigenvalue weighted by atomic mass is 10.1. The summed E-state index contributed by atoms with van der Waals surface area (Å²) in [6, 6.07) is 0. The van der Waals surface area contributed by atoms with E-state index in [-0.39, 0.29) is 6.10 Å². The Kier molecular flexibility index (Phi) is 11.3. The normalized spacial score (nSPS) is 19.0. The lowest BCUT2D eigenvalue weighted by molar-refractivity contribution is 0.0115. The molecule has 0 aromatic rings. The third-order valence-corrected chi connectivity index (χ3v) is 6.36. The zero-order chi connectivity index (χ0) is 17.0. The molecule has 1 fully saturated rings. The van der Waals surface area contributed by atoms with E-state index in [1.54, 1.807) is 0 Å². The minimum atomic E-state index is -2.77. The van der Waals surface area contributed by atoms with Crippen molar-refractivity contribution >= 4 is 8.80 Å². The molecule has 0 aliphatic carbocycles. The monoisotopic (exact) mass is 348 g/mol. The van der Waals surface area contributed by atoms with Gasteiger partial charge in [-0.25, -0.2) is 0 Å². The molecule has 1 aliphatic heterocycles. The Labute approximate surface area is 143 Å². The van der Waals surface area contributed by atoms with Gasteiger partial charge >= 0.3 is 8.80 Å². The van der Waals surface area contributed by atoms with Crippen LogP contribution in [-0.2, 0) is 22.8 Å². The van der Waals surface area contributed by atoms with E-state index in [1.807, 2.05) is 0 Å². The van der Waals surface area contributed by atoms with Gasteiger partial charge in [0.25, 0.3) is 0 Å². The van der Waals surface area contributed by atoms with E-state index >= 15 is 0 Å². The van der Waals surface area contributed by atoms with Gasteiger partial charge in [-0.05, 0) is 18.8 Å². The summed E-state index contributed by atoms with van der Waals surface area (Å²) in [4.78, 5) is 0. The topological polar surface area (TPSA) is 49.5 Å². The molecule has 6 heteroatoms. The van der Waals surface area contributed by atoms with E-state index in [0.29, 0.717) is 38.6 Å². The lowest BCUT2D eigenvalue weighted by Gasteiger charge is -2.30. The summed E-state index contributed by atoms with van der Waals surface area (Å²) >= 11 is 0. The van der Waals surface area contributed by atoms with E-state index in [1.165, 1.54) is 0 Å². The zero-order valence-corrected chi connectivity index (χ0v) is 16.5. The summed E-state index contributed by atoms with van der Waals surface area (Å²) in [6.45, 7) is 12.1. The number of ether oxygens (including phenoxy) is 2. The van der Waals surface area contributed by atoms with Gasteiger partial charge in [-0.1, -0.05) is 47.0 Å². The van der Waals surface area contributed by atoms with Crippen LogP contribution in [0.25, 0.3) is 0 Å². The van der Waals surface area contributed by atoms with Crippen LogP contribution in [0.15, 0.2) is 0 Å². The molecule has 0 aromatic carbocycles. The Morgan fingerprint density at radius 2 is 1.65 bits per heavy atom. The highest BCUT2D eigenvalue weighted by atomic mass is 28.4. The molecule has 1 rings (SSSR count). The summed E-state index contributed by atoms with van der Waals surface area (Å²) in [5, 5.41) is 0. The van der Waals surface area contributed by atoms with Crippen LogP contribution >= 0.6 is 0 Å². The van der Waals surface area contributed by atoms with E-state index in [9.17, 15) is 0 Å². The second-order valence-corrected chi connectivity index (χ2v) is 8.90. The van der Waals surface area contributed by atoms with Crippen LogP contribution in [0, 0.1) is 5.92 Å². The van der Waals surface area contributed by atoms with Gasteiger partial charge in [0, 0.05) is 19.8 Å². The molecule has 0 amide bonds. The Morgan fingerprint density at radius 1 is 1.04 bits per heavy atom. The van der Waals surface area contributed by atoms with Crippen molar-refractivity contribution in [3.8, 4) is 0 Å². The number of rotatable bonds is 16. The second kappa shape index (κ2) is 12.4. The third kappa shape index (κ3) is 9.79. The first-order valence-corrected chi connectivity index (χ1v) is 11.2. The highest BCUT2D eigenvalue weighted by Crippen LogP contribution is 2.17. The number of hydrogen-bond acceptors (Lipinski definition) is 5. The average Bonchev–Trinajstić information content (AvgIpc) is 3.37. The smallest absolute Gasteiger partial charge is 0.374 e. The zero-order valence-electron chi connectivity index (χ0n) is 15.5. The molecule has 0 aromatic heterocycles. The maximum atomic E-state index is 6.21. The van der Waals surface area contributed by atoms with E-state index in [0.717, 1.165) is 38.7 Å². The molecule has 138 valence electrons.